The topological polar surface area (TPSA) is 111 Å². The van der Waals surface area contributed by atoms with E-state index >= 15 is 0 Å². The number of hydrogen-bond donors (Lipinski definition) is 2. The fraction of sp³-hybridized carbons (Fsp3) is 0.200. The highest BCUT2D eigenvalue weighted by Gasteiger charge is 2.13. The molecule has 9 heteroatoms. The lowest BCUT2D eigenvalue weighted by Crippen LogP contribution is -2.16. The smallest absolute Gasteiger partial charge is 0.274 e. The normalized spacial score (nSPS) is 10.6. The number of nitrogens with zero attached hydrogens (tertiary/aromatic N) is 3. The number of methoxy groups -OCH3 is 2. The van der Waals surface area contributed by atoms with Crippen molar-refractivity contribution in [1.82, 2.24) is 19.6 Å². The van der Waals surface area contributed by atoms with Gasteiger partial charge < -0.3 is 9.47 Å². The third-order valence-electron chi connectivity index (χ3n) is 3.34. The number of rotatable bonds is 4. The van der Waals surface area contributed by atoms with E-state index in [-0.39, 0.29) is 17.3 Å². The minimum atomic E-state index is -0.417. The highest BCUT2D eigenvalue weighted by molar-refractivity contribution is 6.03. The summed E-state index contributed by atoms with van der Waals surface area (Å²) in [5.41, 5.74) is 0.588. The van der Waals surface area contributed by atoms with Crippen LogP contribution in [0.5, 0.6) is 11.5 Å². The fourth-order valence-electron chi connectivity index (χ4n) is 2.21. The molecule has 3 aromatic rings. The van der Waals surface area contributed by atoms with Gasteiger partial charge in [0, 0.05) is 17.3 Å². The van der Waals surface area contributed by atoms with Crippen molar-refractivity contribution in [1.29, 1.82) is 0 Å². The lowest BCUT2D eigenvalue weighted by molar-refractivity contribution is 0.102. The van der Waals surface area contributed by atoms with Gasteiger partial charge in [0.2, 0.25) is 5.95 Å². The van der Waals surface area contributed by atoms with Crippen LogP contribution in [0.25, 0.3) is 5.78 Å². The highest BCUT2D eigenvalue weighted by atomic mass is 16.5. The molecule has 0 fully saturated rings. The Morgan fingerprint density at radius 2 is 1.92 bits per heavy atom. The van der Waals surface area contributed by atoms with Crippen LogP contribution in [-0.2, 0) is 0 Å². The zero-order chi connectivity index (χ0) is 17.3. The van der Waals surface area contributed by atoms with Crippen LogP contribution < -0.4 is 20.3 Å². The summed E-state index contributed by atoms with van der Waals surface area (Å²) in [6, 6.07) is 6.13. The molecule has 0 saturated heterocycles. The van der Waals surface area contributed by atoms with Crippen molar-refractivity contribution in [3.8, 4) is 11.5 Å². The first-order valence-electron chi connectivity index (χ1n) is 7.01. The van der Waals surface area contributed by atoms with Gasteiger partial charge in [0.05, 0.1) is 14.2 Å². The Morgan fingerprint density at radius 1 is 1.17 bits per heavy atom. The van der Waals surface area contributed by atoms with Gasteiger partial charge in [0.25, 0.3) is 17.2 Å². The van der Waals surface area contributed by atoms with Crippen molar-refractivity contribution in [3.63, 3.8) is 0 Å². The fourth-order valence-corrected chi connectivity index (χ4v) is 2.21. The van der Waals surface area contributed by atoms with Gasteiger partial charge in [0.1, 0.15) is 0 Å². The Balaban J connectivity index is 1.90. The van der Waals surface area contributed by atoms with Crippen LogP contribution in [0.15, 0.2) is 29.1 Å². The Kier molecular flexibility index (Phi) is 3.90. The predicted octanol–water partition coefficient (Wildman–Crippen LogP) is 0.996. The summed E-state index contributed by atoms with van der Waals surface area (Å²) in [6.07, 6.45) is 0. The Hall–Kier alpha value is -3.36. The average Bonchev–Trinajstić information content (AvgIpc) is 2.96. The Labute approximate surface area is 136 Å². The molecule has 2 aromatic heterocycles. The molecule has 0 aliphatic rings. The van der Waals surface area contributed by atoms with E-state index in [4.69, 9.17) is 9.47 Å². The molecule has 0 aliphatic carbocycles. The highest BCUT2D eigenvalue weighted by Crippen LogP contribution is 2.27. The van der Waals surface area contributed by atoms with Crippen molar-refractivity contribution in [2.75, 3.05) is 19.5 Å². The van der Waals surface area contributed by atoms with Gasteiger partial charge in [-0.1, -0.05) is 0 Å². The van der Waals surface area contributed by atoms with Crippen LogP contribution >= 0.6 is 0 Å². The number of benzene rings is 1. The number of aromatic nitrogens is 4. The molecule has 0 bridgehead atoms. The number of aryl methyl sites for hydroxylation is 1. The lowest BCUT2D eigenvalue weighted by atomic mass is 10.2. The van der Waals surface area contributed by atoms with Crippen LogP contribution in [0.1, 0.15) is 16.1 Å². The number of ether oxygens (including phenoxy) is 2. The molecule has 2 N–H and O–H groups in total. The summed E-state index contributed by atoms with van der Waals surface area (Å²) in [6.45, 7) is 1.69. The molecule has 0 saturated carbocycles. The van der Waals surface area contributed by atoms with Gasteiger partial charge in [-0.2, -0.15) is 9.50 Å². The lowest BCUT2D eigenvalue weighted by Gasteiger charge is -2.09. The van der Waals surface area contributed by atoms with Crippen LogP contribution in [0.3, 0.4) is 0 Å². The number of hydrogen-bond acceptors (Lipinski definition) is 6. The number of anilines is 1. The van der Waals surface area contributed by atoms with Gasteiger partial charge in [-0.05, 0) is 25.1 Å². The summed E-state index contributed by atoms with van der Waals surface area (Å²) in [4.78, 5) is 32.4. The zero-order valence-corrected chi connectivity index (χ0v) is 13.3. The largest absolute Gasteiger partial charge is 0.493 e. The van der Waals surface area contributed by atoms with Crippen molar-refractivity contribution in [2.24, 2.45) is 0 Å². The van der Waals surface area contributed by atoms with Crippen LogP contribution in [0.2, 0.25) is 0 Å². The summed E-state index contributed by atoms with van der Waals surface area (Å²) < 4.78 is 11.5. The van der Waals surface area contributed by atoms with E-state index in [1.807, 2.05) is 0 Å². The van der Waals surface area contributed by atoms with E-state index in [0.29, 0.717) is 22.8 Å². The Bertz CT molecular complexity index is 976. The molecule has 0 unspecified atom stereocenters. The average molecular weight is 329 g/mol. The monoisotopic (exact) mass is 329 g/mol. The second-order valence-electron chi connectivity index (χ2n) is 4.97. The molecule has 0 spiro atoms. The summed E-state index contributed by atoms with van der Waals surface area (Å²) in [5.74, 6) is 0.833. The molecule has 0 atom stereocenters. The maximum atomic E-state index is 12.3. The van der Waals surface area contributed by atoms with E-state index in [9.17, 15) is 9.59 Å². The molecular weight excluding hydrogens is 314 g/mol. The zero-order valence-electron chi connectivity index (χ0n) is 13.3. The van der Waals surface area contributed by atoms with Gasteiger partial charge in [-0.25, -0.2) is 4.98 Å². The Morgan fingerprint density at radius 3 is 2.62 bits per heavy atom. The molecule has 2 heterocycles. The number of carbonyl (C=O) groups excluding carboxylic acids is 1. The number of H-pyrrole nitrogens is 1. The number of fused-ring (bicyclic) bond motifs is 1. The summed E-state index contributed by atoms with van der Waals surface area (Å²) >= 11 is 0. The molecule has 124 valence electrons. The SMILES string of the molecule is COc1ccc(C(=O)Nc2nc3nc(C)cc(=O)n3[nH]2)cc1OC. The molecule has 0 aliphatic heterocycles. The number of aromatic amines is 1. The molecule has 0 radical (unpaired) electrons. The van der Waals surface area contributed by atoms with Crippen molar-refractivity contribution in [2.45, 2.75) is 6.92 Å². The van der Waals surface area contributed by atoms with E-state index in [0.717, 1.165) is 4.52 Å². The van der Waals surface area contributed by atoms with E-state index in [1.165, 1.54) is 20.3 Å². The first kappa shape index (κ1) is 15.5. The molecular formula is C15H15N5O4. The number of nitrogens with one attached hydrogen (secondary N) is 2. The summed E-state index contributed by atoms with van der Waals surface area (Å²) in [5, 5.41) is 5.27. The maximum absolute atomic E-state index is 12.3. The maximum Gasteiger partial charge on any atom is 0.274 e. The molecule has 3 rings (SSSR count). The van der Waals surface area contributed by atoms with Crippen molar-refractivity contribution < 1.29 is 14.3 Å². The minimum absolute atomic E-state index is 0.116. The third kappa shape index (κ3) is 2.78. The van der Waals surface area contributed by atoms with E-state index < -0.39 is 5.91 Å². The number of amides is 1. The second kappa shape index (κ2) is 6.03. The third-order valence-corrected chi connectivity index (χ3v) is 3.34. The minimum Gasteiger partial charge on any atom is -0.493 e. The van der Waals surface area contributed by atoms with Gasteiger partial charge in [-0.3, -0.25) is 20.0 Å². The first-order valence-corrected chi connectivity index (χ1v) is 7.01. The quantitative estimate of drug-likeness (QED) is 0.738. The van der Waals surface area contributed by atoms with E-state index in [1.54, 1.807) is 25.1 Å². The predicted molar refractivity (Wildman–Crippen MR) is 85.8 cm³/mol. The molecule has 9 nitrogen and oxygen atoms in total. The summed E-state index contributed by atoms with van der Waals surface area (Å²) in [7, 11) is 3.00. The van der Waals surface area contributed by atoms with Crippen LogP contribution in [0, 0.1) is 6.92 Å². The van der Waals surface area contributed by atoms with Gasteiger partial charge >= 0.3 is 0 Å². The van der Waals surface area contributed by atoms with E-state index in [2.05, 4.69) is 20.4 Å². The molecule has 1 aromatic carbocycles. The van der Waals surface area contributed by atoms with Crippen LogP contribution in [0.4, 0.5) is 5.95 Å². The first-order chi connectivity index (χ1) is 11.5. The van der Waals surface area contributed by atoms with Crippen molar-refractivity contribution >= 4 is 17.6 Å². The second-order valence-corrected chi connectivity index (χ2v) is 4.97. The molecule has 1 amide bonds. The molecule has 24 heavy (non-hydrogen) atoms. The number of carbonyl (C=O) groups is 1. The standard InChI is InChI=1S/C15H15N5O4/c1-8-6-12(21)20-15(16-8)18-14(19-20)17-13(22)9-4-5-10(23-2)11(7-9)24-3/h4-7H,1-3H3,(H2,16,17,18,19,22). The van der Waals surface area contributed by atoms with Crippen LogP contribution in [-0.4, -0.2) is 39.7 Å². The van der Waals surface area contributed by atoms with Crippen molar-refractivity contribution in [3.05, 3.63) is 45.9 Å². The van der Waals surface area contributed by atoms with Gasteiger partial charge in [-0.15, -0.1) is 0 Å². The van der Waals surface area contributed by atoms with Gasteiger partial charge in [0.15, 0.2) is 11.5 Å².